The minimum atomic E-state index is 0.175. The van der Waals surface area contributed by atoms with Crippen molar-refractivity contribution in [2.75, 3.05) is 13.6 Å². The van der Waals surface area contributed by atoms with Gasteiger partial charge in [-0.1, -0.05) is 26.2 Å². The van der Waals surface area contributed by atoms with Crippen molar-refractivity contribution in [3.63, 3.8) is 0 Å². The van der Waals surface area contributed by atoms with Gasteiger partial charge in [-0.3, -0.25) is 0 Å². The van der Waals surface area contributed by atoms with E-state index in [0.29, 0.717) is 0 Å². The van der Waals surface area contributed by atoms with Gasteiger partial charge in [0.05, 0.1) is 0 Å². The molecule has 0 radical (unpaired) electrons. The van der Waals surface area contributed by atoms with Crippen LogP contribution >= 0.6 is 0 Å². The fourth-order valence-electron chi connectivity index (χ4n) is 3.90. The van der Waals surface area contributed by atoms with Crippen molar-refractivity contribution in [3.05, 3.63) is 0 Å². The molecule has 0 unspecified atom stereocenters. The second-order valence-corrected chi connectivity index (χ2v) is 6.88. The normalized spacial score (nSPS) is 32.0. The SMILES string of the molecule is CCC1CCC(N(C)CCC2(N)CCCC2)CC1. The van der Waals surface area contributed by atoms with Crippen LogP contribution in [0.5, 0.6) is 0 Å². The van der Waals surface area contributed by atoms with Crippen molar-refractivity contribution in [1.29, 1.82) is 0 Å². The Balaban J connectivity index is 1.70. The predicted molar refractivity (Wildman–Crippen MR) is 78.7 cm³/mol. The van der Waals surface area contributed by atoms with E-state index in [1.54, 1.807) is 0 Å². The van der Waals surface area contributed by atoms with E-state index in [1.807, 2.05) is 0 Å². The molecule has 0 aromatic carbocycles. The monoisotopic (exact) mass is 252 g/mol. The van der Waals surface area contributed by atoms with Crippen molar-refractivity contribution in [2.24, 2.45) is 11.7 Å². The van der Waals surface area contributed by atoms with E-state index in [9.17, 15) is 0 Å². The molecule has 0 amide bonds. The zero-order valence-corrected chi connectivity index (χ0v) is 12.5. The average molecular weight is 252 g/mol. The van der Waals surface area contributed by atoms with Crippen molar-refractivity contribution in [2.45, 2.75) is 82.7 Å². The summed E-state index contributed by atoms with van der Waals surface area (Å²) in [5, 5.41) is 0. The third-order valence-corrected chi connectivity index (χ3v) is 5.58. The van der Waals surface area contributed by atoms with Gasteiger partial charge in [-0.15, -0.1) is 0 Å². The fraction of sp³-hybridized carbons (Fsp3) is 1.00. The largest absolute Gasteiger partial charge is 0.325 e. The molecule has 106 valence electrons. The summed E-state index contributed by atoms with van der Waals surface area (Å²) in [5.74, 6) is 1.00. The maximum absolute atomic E-state index is 6.45. The Morgan fingerprint density at radius 3 is 2.28 bits per heavy atom. The second-order valence-electron chi connectivity index (χ2n) is 6.88. The summed E-state index contributed by atoms with van der Waals surface area (Å²) in [6, 6.07) is 0.831. The van der Waals surface area contributed by atoms with Gasteiger partial charge in [-0.2, -0.15) is 0 Å². The van der Waals surface area contributed by atoms with Gasteiger partial charge in [0.1, 0.15) is 0 Å². The first-order chi connectivity index (χ1) is 8.63. The molecule has 0 atom stereocenters. The van der Waals surface area contributed by atoms with Crippen LogP contribution in [-0.4, -0.2) is 30.1 Å². The highest BCUT2D eigenvalue weighted by Crippen LogP contribution is 2.32. The van der Waals surface area contributed by atoms with Crippen molar-refractivity contribution in [1.82, 2.24) is 4.90 Å². The Labute approximate surface area is 113 Å². The molecule has 18 heavy (non-hydrogen) atoms. The molecule has 0 spiro atoms. The molecule has 2 heteroatoms. The average Bonchev–Trinajstić information content (AvgIpc) is 2.83. The van der Waals surface area contributed by atoms with E-state index in [1.165, 1.54) is 70.8 Å². The minimum absolute atomic E-state index is 0.175. The topological polar surface area (TPSA) is 29.3 Å². The highest BCUT2D eigenvalue weighted by Gasteiger charge is 2.30. The molecule has 0 aromatic rings. The van der Waals surface area contributed by atoms with Gasteiger partial charge in [0, 0.05) is 11.6 Å². The molecule has 0 saturated heterocycles. The number of nitrogens with two attached hydrogens (primary N) is 1. The van der Waals surface area contributed by atoms with Crippen molar-refractivity contribution < 1.29 is 0 Å². The Morgan fingerprint density at radius 1 is 1.11 bits per heavy atom. The molecule has 2 aliphatic rings. The van der Waals surface area contributed by atoms with Crippen LogP contribution in [0.25, 0.3) is 0 Å². The summed E-state index contributed by atoms with van der Waals surface area (Å²) in [4.78, 5) is 2.60. The smallest absolute Gasteiger partial charge is 0.0166 e. The summed E-state index contributed by atoms with van der Waals surface area (Å²) in [5.41, 5.74) is 6.63. The third-order valence-electron chi connectivity index (χ3n) is 5.58. The van der Waals surface area contributed by atoms with E-state index < -0.39 is 0 Å². The van der Waals surface area contributed by atoms with Crippen LogP contribution in [-0.2, 0) is 0 Å². The summed E-state index contributed by atoms with van der Waals surface area (Å²) in [6.07, 6.45) is 13.5. The maximum Gasteiger partial charge on any atom is 0.0166 e. The zero-order valence-electron chi connectivity index (χ0n) is 12.5. The minimum Gasteiger partial charge on any atom is -0.325 e. The Bertz CT molecular complexity index is 237. The number of hydrogen-bond acceptors (Lipinski definition) is 2. The predicted octanol–water partition coefficient (Wildman–Crippen LogP) is 3.55. The molecule has 0 aromatic heterocycles. The number of hydrogen-bond donors (Lipinski definition) is 1. The Kier molecular flexibility index (Phi) is 5.08. The van der Waals surface area contributed by atoms with Crippen molar-refractivity contribution >= 4 is 0 Å². The Hall–Kier alpha value is -0.0800. The Morgan fingerprint density at radius 2 is 1.72 bits per heavy atom. The van der Waals surface area contributed by atoms with Gasteiger partial charge in [-0.25, -0.2) is 0 Å². The standard InChI is InChI=1S/C16H32N2/c1-3-14-6-8-15(9-7-14)18(2)13-12-16(17)10-4-5-11-16/h14-15H,3-13,17H2,1-2H3. The van der Waals surface area contributed by atoms with Gasteiger partial charge in [0.2, 0.25) is 0 Å². The van der Waals surface area contributed by atoms with E-state index in [2.05, 4.69) is 18.9 Å². The summed E-state index contributed by atoms with van der Waals surface area (Å²) >= 11 is 0. The summed E-state index contributed by atoms with van der Waals surface area (Å²) in [6.45, 7) is 3.55. The van der Waals surface area contributed by atoms with Crippen LogP contribution < -0.4 is 5.73 Å². The van der Waals surface area contributed by atoms with Gasteiger partial charge in [0.15, 0.2) is 0 Å². The molecule has 2 rings (SSSR count). The number of rotatable bonds is 5. The quantitative estimate of drug-likeness (QED) is 0.811. The van der Waals surface area contributed by atoms with E-state index >= 15 is 0 Å². The third kappa shape index (κ3) is 3.71. The first kappa shape index (κ1) is 14.3. The van der Waals surface area contributed by atoms with E-state index in [4.69, 9.17) is 5.73 Å². The molecule has 2 N–H and O–H groups in total. The van der Waals surface area contributed by atoms with Gasteiger partial charge in [0.25, 0.3) is 0 Å². The van der Waals surface area contributed by atoms with Crippen LogP contribution in [0.3, 0.4) is 0 Å². The highest BCUT2D eigenvalue weighted by atomic mass is 15.1. The van der Waals surface area contributed by atoms with E-state index in [-0.39, 0.29) is 5.54 Å². The van der Waals surface area contributed by atoms with Gasteiger partial charge >= 0.3 is 0 Å². The molecule has 2 saturated carbocycles. The first-order valence-corrected chi connectivity index (χ1v) is 8.12. The maximum atomic E-state index is 6.45. The lowest BCUT2D eigenvalue weighted by Crippen LogP contribution is -2.43. The molecule has 0 heterocycles. The fourth-order valence-corrected chi connectivity index (χ4v) is 3.90. The lowest BCUT2D eigenvalue weighted by molar-refractivity contribution is 0.152. The lowest BCUT2D eigenvalue weighted by Gasteiger charge is -2.36. The number of nitrogens with zero attached hydrogens (tertiary/aromatic N) is 1. The molecular weight excluding hydrogens is 220 g/mol. The zero-order chi connectivity index (χ0) is 13.0. The molecule has 2 nitrogen and oxygen atoms in total. The molecule has 0 aliphatic heterocycles. The molecule has 0 bridgehead atoms. The second kappa shape index (κ2) is 6.38. The summed E-state index contributed by atoms with van der Waals surface area (Å²) in [7, 11) is 2.31. The van der Waals surface area contributed by atoms with Crippen LogP contribution in [0.15, 0.2) is 0 Å². The summed E-state index contributed by atoms with van der Waals surface area (Å²) < 4.78 is 0. The highest BCUT2D eigenvalue weighted by molar-refractivity contribution is 4.90. The van der Waals surface area contributed by atoms with Gasteiger partial charge in [-0.05, 0) is 64.5 Å². The van der Waals surface area contributed by atoms with Crippen LogP contribution in [0.4, 0.5) is 0 Å². The van der Waals surface area contributed by atoms with Crippen LogP contribution in [0, 0.1) is 5.92 Å². The molecule has 2 aliphatic carbocycles. The lowest BCUT2D eigenvalue weighted by atomic mass is 9.84. The van der Waals surface area contributed by atoms with Crippen LogP contribution in [0.2, 0.25) is 0 Å². The van der Waals surface area contributed by atoms with Crippen LogP contribution in [0.1, 0.15) is 71.1 Å². The molecular formula is C16H32N2. The van der Waals surface area contributed by atoms with Crippen molar-refractivity contribution in [3.8, 4) is 0 Å². The van der Waals surface area contributed by atoms with E-state index in [0.717, 1.165) is 12.0 Å². The molecule has 2 fully saturated rings. The first-order valence-electron chi connectivity index (χ1n) is 8.12. The van der Waals surface area contributed by atoms with Gasteiger partial charge < -0.3 is 10.6 Å².